The van der Waals surface area contributed by atoms with Crippen LogP contribution in [0, 0.1) is 11.8 Å². The summed E-state index contributed by atoms with van der Waals surface area (Å²) in [6.07, 6.45) is 0.518. The summed E-state index contributed by atoms with van der Waals surface area (Å²) in [6.45, 7) is 6.04. The number of nitrogens with one attached hydrogen (secondary N) is 2. The maximum Gasteiger partial charge on any atom is 0.251 e. The van der Waals surface area contributed by atoms with E-state index < -0.39 is 6.04 Å². The highest BCUT2D eigenvalue weighted by Gasteiger charge is 2.32. The van der Waals surface area contributed by atoms with Crippen molar-refractivity contribution in [2.75, 3.05) is 19.6 Å². The highest BCUT2D eigenvalue weighted by atomic mass is 16.2. The van der Waals surface area contributed by atoms with Crippen LogP contribution < -0.4 is 10.6 Å². The molecule has 2 amide bonds. The van der Waals surface area contributed by atoms with Crippen LogP contribution in [-0.2, 0) is 16.1 Å². The highest BCUT2D eigenvalue weighted by Crippen LogP contribution is 2.17. The second-order valence-corrected chi connectivity index (χ2v) is 9.78. The van der Waals surface area contributed by atoms with E-state index in [1.165, 1.54) is 5.56 Å². The molecular weight excluding hydrogens is 438 g/mol. The van der Waals surface area contributed by atoms with E-state index in [0.29, 0.717) is 25.1 Å². The van der Waals surface area contributed by atoms with Gasteiger partial charge in [-0.1, -0.05) is 74.5 Å². The molecule has 6 nitrogen and oxygen atoms in total. The van der Waals surface area contributed by atoms with Crippen molar-refractivity contribution in [2.24, 2.45) is 11.8 Å². The number of nitrogens with zero attached hydrogens (tertiary/aromatic N) is 1. The second-order valence-electron chi connectivity index (χ2n) is 9.78. The maximum absolute atomic E-state index is 13.0. The summed E-state index contributed by atoms with van der Waals surface area (Å²) in [5.41, 5.74) is 1.69. The largest absolute Gasteiger partial charge is 0.354 e. The van der Waals surface area contributed by atoms with E-state index in [9.17, 15) is 14.4 Å². The number of likely N-dealkylation sites (tertiary alicyclic amines) is 1. The van der Waals surface area contributed by atoms with Crippen molar-refractivity contribution in [3.63, 3.8) is 0 Å². The van der Waals surface area contributed by atoms with Crippen LogP contribution >= 0.6 is 0 Å². The number of carbonyl (C=O) groups excluding carboxylic acids is 3. The standard InChI is InChI=1S/C29H33N3O3/c1-20(2)14-26(31-28(34)24-13-12-22-10-6-7-11-23(22)15-24)29(35)30-16-25-18-32(19-27(25)33)17-21-8-4-3-5-9-21/h3-13,15,20,25-26H,14,16-19H2,1-2H3,(H,30,35)(H,31,34)/t25?,26-/m0/s1. The van der Waals surface area contributed by atoms with Crippen LogP contribution in [0.1, 0.15) is 36.2 Å². The van der Waals surface area contributed by atoms with Crippen molar-refractivity contribution in [2.45, 2.75) is 32.9 Å². The molecule has 2 N–H and O–H groups in total. The number of amides is 2. The molecule has 0 bridgehead atoms. The molecule has 1 aliphatic rings. The van der Waals surface area contributed by atoms with Crippen LogP contribution in [-0.4, -0.2) is 48.2 Å². The summed E-state index contributed by atoms with van der Waals surface area (Å²) >= 11 is 0. The molecule has 6 heteroatoms. The molecule has 1 saturated heterocycles. The lowest BCUT2D eigenvalue weighted by Gasteiger charge is -2.21. The molecule has 4 rings (SSSR count). The maximum atomic E-state index is 13.0. The van der Waals surface area contributed by atoms with Gasteiger partial charge in [-0.3, -0.25) is 19.3 Å². The first-order chi connectivity index (χ1) is 16.9. The number of hydrogen-bond donors (Lipinski definition) is 2. The van der Waals surface area contributed by atoms with Gasteiger partial charge in [0.2, 0.25) is 5.91 Å². The summed E-state index contributed by atoms with van der Waals surface area (Å²) in [5.74, 6) is -0.401. The Morgan fingerprint density at radius 3 is 2.43 bits per heavy atom. The first-order valence-electron chi connectivity index (χ1n) is 12.3. The lowest BCUT2D eigenvalue weighted by molar-refractivity contribution is -0.124. The molecule has 0 aromatic heterocycles. The molecule has 0 saturated carbocycles. The number of rotatable bonds is 9. The van der Waals surface area contributed by atoms with Crippen molar-refractivity contribution in [3.8, 4) is 0 Å². The van der Waals surface area contributed by atoms with E-state index in [2.05, 4.69) is 15.5 Å². The third-order valence-corrected chi connectivity index (χ3v) is 6.43. The Kier molecular flexibility index (Phi) is 7.93. The molecule has 3 aromatic rings. The van der Waals surface area contributed by atoms with Crippen molar-refractivity contribution in [3.05, 3.63) is 83.9 Å². The summed E-state index contributed by atoms with van der Waals surface area (Å²) in [4.78, 5) is 40.7. The fourth-order valence-electron chi connectivity index (χ4n) is 4.59. The number of hydrogen-bond acceptors (Lipinski definition) is 4. The molecular formula is C29H33N3O3. The van der Waals surface area contributed by atoms with Crippen molar-refractivity contribution >= 4 is 28.4 Å². The van der Waals surface area contributed by atoms with Crippen molar-refractivity contribution in [1.29, 1.82) is 0 Å². The summed E-state index contributed by atoms with van der Waals surface area (Å²) in [5, 5.41) is 7.88. The Morgan fingerprint density at radius 2 is 1.69 bits per heavy atom. The quantitative estimate of drug-likeness (QED) is 0.498. The van der Waals surface area contributed by atoms with Gasteiger partial charge in [0.25, 0.3) is 5.91 Å². The lowest BCUT2D eigenvalue weighted by Crippen LogP contribution is -2.48. The van der Waals surface area contributed by atoms with Gasteiger partial charge in [0.15, 0.2) is 5.78 Å². The molecule has 1 heterocycles. The zero-order chi connectivity index (χ0) is 24.8. The first-order valence-corrected chi connectivity index (χ1v) is 12.3. The number of ketones is 1. The van der Waals surface area contributed by atoms with E-state index in [1.54, 1.807) is 6.07 Å². The molecule has 2 atom stereocenters. The molecule has 0 spiro atoms. The molecule has 1 fully saturated rings. The molecule has 1 unspecified atom stereocenters. The predicted octanol–water partition coefficient (Wildman–Crippen LogP) is 3.80. The summed E-state index contributed by atoms with van der Waals surface area (Å²) in [6, 6.07) is 22.8. The third kappa shape index (κ3) is 6.55. The van der Waals surface area contributed by atoms with Crippen molar-refractivity contribution < 1.29 is 14.4 Å². The van der Waals surface area contributed by atoms with E-state index >= 15 is 0 Å². The first kappa shape index (κ1) is 24.6. The molecule has 0 aliphatic carbocycles. The fraction of sp³-hybridized carbons (Fsp3) is 0.345. The Hall–Kier alpha value is -3.51. The van der Waals surface area contributed by atoms with Crippen molar-refractivity contribution in [1.82, 2.24) is 15.5 Å². The Balaban J connectivity index is 1.35. The van der Waals surface area contributed by atoms with Crippen LogP contribution in [0.3, 0.4) is 0 Å². The second kappa shape index (κ2) is 11.3. The Labute approximate surface area is 206 Å². The molecule has 3 aromatic carbocycles. The monoisotopic (exact) mass is 471 g/mol. The SMILES string of the molecule is CC(C)C[C@H](NC(=O)c1ccc2ccccc2c1)C(=O)NCC1CN(Cc2ccccc2)CC1=O. The molecule has 35 heavy (non-hydrogen) atoms. The van der Waals surface area contributed by atoms with Gasteiger partial charge >= 0.3 is 0 Å². The fourth-order valence-corrected chi connectivity index (χ4v) is 4.59. The summed E-state index contributed by atoms with van der Waals surface area (Å²) in [7, 11) is 0. The van der Waals surface area contributed by atoms with Crippen LogP contribution in [0.15, 0.2) is 72.8 Å². The number of carbonyl (C=O) groups is 3. The average Bonchev–Trinajstić information content (AvgIpc) is 3.20. The Morgan fingerprint density at radius 1 is 0.971 bits per heavy atom. The van der Waals surface area contributed by atoms with Crippen LogP contribution in [0.2, 0.25) is 0 Å². The zero-order valence-corrected chi connectivity index (χ0v) is 20.4. The van der Waals surface area contributed by atoms with E-state index in [4.69, 9.17) is 0 Å². The topological polar surface area (TPSA) is 78.5 Å². The van der Waals surface area contributed by atoms with Gasteiger partial charge in [-0.05, 0) is 40.8 Å². The molecule has 182 valence electrons. The molecule has 0 radical (unpaired) electrons. The van der Waals surface area contributed by atoms with E-state index in [0.717, 1.165) is 17.3 Å². The van der Waals surface area contributed by atoms with Gasteiger partial charge in [-0.25, -0.2) is 0 Å². The minimum absolute atomic E-state index is 0.141. The summed E-state index contributed by atoms with van der Waals surface area (Å²) < 4.78 is 0. The minimum Gasteiger partial charge on any atom is -0.354 e. The van der Waals surface area contributed by atoms with Gasteiger partial charge in [0.05, 0.1) is 6.54 Å². The lowest BCUT2D eigenvalue weighted by atomic mass is 10.0. The highest BCUT2D eigenvalue weighted by molar-refractivity contribution is 6.00. The average molecular weight is 472 g/mol. The van der Waals surface area contributed by atoms with Crippen LogP contribution in [0.25, 0.3) is 10.8 Å². The van der Waals surface area contributed by atoms with Gasteiger partial charge in [-0.15, -0.1) is 0 Å². The van der Waals surface area contributed by atoms with Gasteiger partial charge in [0, 0.05) is 31.1 Å². The third-order valence-electron chi connectivity index (χ3n) is 6.43. The number of benzene rings is 3. The van der Waals surface area contributed by atoms with E-state index in [-0.39, 0.29) is 36.0 Å². The Bertz CT molecular complexity index is 1190. The number of Topliss-reactive ketones (excluding diaryl/α,β-unsaturated/α-hetero) is 1. The van der Waals surface area contributed by atoms with Gasteiger partial charge < -0.3 is 10.6 Å². The minimum atomic E-state index is -0.661. The van der Waals surface area contributed by atoms with Gasteiger partial charge in [0.1, 0.15) is 6.04 Å². The number of fused-ring (bicyclic) bond motifs is 1. The van der Waals surface area contributed by atoms with Crippen LogP contribution in [0.5, 0.6) is 0 Å². The van der Waals surface area contributed by atoms with Crippen LogP contribution in [0.4, 0.5) is 0 Å². The van der Waals surface area contributed by atoms with Gasteiger partial charge in [-0.2, -0.15) is 0 Å². The predicted molar refractivity (Wildman–Crippen MR) is 138 cm³/mol. The van der Waals surface area contributed by atoms with E-state index in [1.807, 2.05) is 80.6 Å². The smallest absolute Gasteiger partial charge is 0.251 e. The molecule has 1 aliphatic heterocycles. The normalized spacial score (nSPS) is 17.0. The zero-order valence-electron chi connectivity index (χ0n) is 20.4.